The maximum atomic E-state index is 13.1. The molecule has 1 aromatic carbocycles. The lowest BCUT2D eigenvalue weighted by Crippen LogP contribution is -2.16. The van der Waals surface area contributed by atoms with Gasteiger partial charge in [-0.3, -0.25) is 4.68 Å². The molecular weight excluding hydrogens is 377 g/mol. The highest BCUT2D eigenvalue weighted by Crippen LogP contribution is 2.28. The van der Waals surface area contributed by atoms with Crippen molar-refractivity contribution in [3.05, 3.63) is 49.9 Å². The molecule has 1 heterocycles. The Kier molecular flexibility index (Phi) is 4.43. The number of benzene rings is 1. The van der Waals surface area contributed by atoms with Crippen molar-refractivity contribution >= 4 is 31.9 Å². The third-order valence-electron chi connectivity index (χ3n) is 3.04. The van der Waals surface area contributed by atoms with E-state index in [9.17, 15) is 4.39 Å². The molecule has 0 fully saturated rings. The van der Waals surface area contributed by atoms with Gasteiger partial charge in [0.2, 0.25) is 0 Å². The van der Waals surface area contributed by atoms with Gasteiger partial charge in [0.25, 0.3) is 0 Å². The third-order valence-corrected chi connectivity index (χ3v) is 4.76. The van der Waals surface area contributed by atoms with E-state index >= 15 is 0 Å². The van der Waals surface area contributed by atoms with Crippen LogP contribution in [0.4, 0.5) is 4.39 Å². The second-order valence-electron chi connectivity index (χ2n) is 4.45. The van der Waals surface area contributed by atoms with Crippen LogP contribution in [-0.4, -0.2) is 9.78 Å². The molecule has 0 bridgehead atoms. The van der Waals surface area contributed by atoms with E-state index in [1.54, 1.807) is 6.07 Å². The summed E-state index contributed by atoms with van der Waals surface area (Å²) in [5.41, 5.74) is 9.05. The van der Waals surface area contributed by atoms with Crippen LogP contribution >= 0.6 is 31.9 Å². The Balaban J connectivity index is 2.28. The molecule has 0 amide bonds. The number of hydrogen-bond acceptors (Lipinski definition) is 2. The molecule has 2 N–H and O–H groups in total. The van der Waals surface area contributed by atoms with Gasteiger partial charge in [0.05, 0.1) is 15.9 Å². The van der Waals surface area contributed by atoms with Crippen LogP contribution in [0.3, 0.4) is 0 Å². The van der Waals surface area contributed by atoms with Crippen molar-refractivity contribution in [2.24, 2.45) is 12.8 Å². The SMILES string of the molecule is Cc1nn(C)c(CC(N)c2ccc(F)cc2Br)c1Br. The molecule has 0 spiro atoms. The summed E-state index contributed by atoms with van der Waals surface area (Å²) in [6, 6.07) is 4.34. The molecule has 3 nitrogen and oxygen atoms in total. The summed E-state index contributed by atoms with van der Waals surface area (Å²) in [4.78, 5) is 0. The van der Waals surface area contributed by atoms with Crippen molar-refractivity contribution < 1.29 is 4.39 Å². The molecular formula is C13H14Br2FN3. The van der Waals surface area contributed by atoms with Crippen molar-refractivity contribution in [3.8, 4) is 0 Å². The zero-order valence-electron chi connectivity index (χ0n) is 10.6. The maximum absolute atomic E-state index is 13.1. The van der Waals surface area contributed by atoms with Crippen molar-refractivity contribution in [1.29, 1.82) is 0 Å². The van der Waals surface area contributed by atoms with E-state index < -0.39 is 0 Å². The first-order valence-electron chi connectivity index (χ1n) is 5.78. The second-order valence-corrected chi connectivity index (χ2v) is 6.09. The number of nitrogens with zero attached hydrogens (tertiary/aromatic N) is 2. The monoisotopic (exact) mass is 389 g/mol. The first-order chi connectivity index (χ1) is 8.90. The van der Waals surface area contributed by atoms with Gasteiger partial charge in [-0.2, -0.15) is 5.10 Å². The Morgan fingerprint density at radius 1 is 1.42 bits per heavy atom. The van der Waals surface area contributed by atoms with Crippen LogP contribution in [0.5, 0.6) is 0 Å². The molecule has 2 rings (SSSR count). The summed E-state index contributed by atoms with van der Waals surface area (Å²) < 4.78 is 16.6. The van der Waals surface area contributed by atoms with Gasteiger partial charge in [-0.15, -0.1) is 0 Å². The molecule has 19 heavy (non-hydrogen) atoms. The minimum absolute atomic E-state index is 0.221. The smallest absolute Gasteiger partial charge is 0.124 e. The van der Waals surface area contributed by atoms with Gasteiger partial charge < -0.3 is 5.73 Å². The molecule has 0 aliphatic heterocycles. The fourth-order valence-corrected chi connectivity index (χ4v) is 3.17. The Morgan fingerprint density at radius 3 is 2.63 bits per heavy atom. The summed E-state index contributed by atoms with van der Waals surface area (Å²) in [5.74, 6) is -0.277. The van der Waals surface area contributed by atoms with Crippen LogP contribution < -0.4 is 5.73 Å². The van der Waals surface area contributed by atoms with E-state index in [-0.39, 0.29) is 11.9 Å². The first kappa shape index (κ1) is 14.7. The van der Waals surface area contributed by atoms with Crippen LogP contribution in [0.2, 0.25) is 0 Å². The Bertz CT molecular complexity index is 610. The van der Waals surface area contributed by atoms with Gasteiger partial charge in [0.15, 0.2) is 0 Å². The first-order valence-corrected chi connectivity index (χ1v) is 7.37. The predicted molar refractivity (Wildman–Crippen MR) is 80.4 cm³/mol. The third kappa shape index (κ3) is 3.07. The molecule has 6 heteroatoms. The second kappa shape index (κ2) is 5.73. The normalized spacial score (nSPS) is 12.7. The van der Waals surface area contributed by atoms with Gasteiger partial charge in [0, 0.05) is 24.0 Å². The van der Waals surface area contributed by atoms with E-state index in [1.807, 2.05) is 18.7 Å². The Hall–Kier alpha value is -0.720. The van der Waals surface area contributed by atoms with Gasteiger partial charge >= 0.3 is 0 Å². The fraction of sp³-hybridized carbons (Fsp3) is 0.308. The molecule has 1 aromatic heterocycles. The number of hydrogen-bond donors (Lipinski definition) is 1. The number of aryl methyl sites for hydroxylation is 2. The predicted octanol–water partition coefficient (Wildman–Crippen LogP) is 3.64. The molecule has 0 radical (unpaired) electrons. The highest BCUT2D eigenvalue weighted by Gasteiger charge is 2.17. The van der Waals surface area contributed by atoms with Crippen LogP contribution in [0.25, 0.3) is 0 Å². The number of nitrogens with two attached hydrogens (primary N) is 1. The molecule has 0 aliphatic rings. The largest absolute Gasteiger partial charge is 0.324 e. The highest BCUT2D eigenvalue weighted by molar-refractivity contribution is 9.10. The van der Waals surface area contributed by atoms with Crippen molar-refractivity contribution in [3.63, 3.8) is 0 Å². The molecule has 0 saturated carbocycles. The molecule has 1 unspecified atom stereocenters. The lowest BCUT2D eigenvalue weighted by Gasteiger charge is -2.14. The summed E-state index contributed by atoms with van der Waals surface area (Å²) in [6.45, 7) is 1.94. The van der Waals surface area contributed by atoms with Crippen molar-refractivity contribution in [2.45, 2.75) is 19.4 Å². The van der Waals surface area contributed by atoms with Gasteiger partial charge in [-0.25, -0.2) is 4.39 Å². The van der Waals surface area contributed by atoms with E-state index in [4.69, 9.17) is 5.73 Å². The number of rotatable bonds is 3. The Morgan fingerprint density at radius 2 is 2.11 bits per heavy atom. The zero-order chi connectivity index (χ0) is 14.2. The van der Waals surface area contributed by atoms with Crippen LogP contribution in [0.1, 0.15) is 23.0 Å². The summed E-state index contributed by atoms with van der Waals surface area (Å²) in [6.07, 6.45) is 0.627. The van der Waals surface area contributed by atoms with E-state index in [0.717, 1.165) is 21.4 Å². The minimum Gasteiger partial charge on any atom is -0.324 e. The van der Waals surface area contributed by atoms with Crippen molar-refractivity contribution in [1.82, 2.24) is 9.78 Å². The van der Waals surface area contributed by atoms with E-state index in [1.165, 1.54) is 12.1 Å². The minimum atomic E-state index is -0.277. The van der Waals surface area contributed by atoms with Crippen LogP contribution in [-0.2, 0) is 13.5 Å². The van der Waals surface area contributed by atoms with Gasteiger partial charge in [-0.1, -0.05) is 22.0 Å². The summed E-state index contributed by atoms with van der Waals surface area (Å²) in [7, 11) is 1.89. The number of aromatic nitrogens is 2. The van der Waals surface area contributed by atoms with Gasteiger partial charge in [0.1, 0.15) is 5.82 Å². The van der Waals surface area contributed by atoms with Crippen molar-refractivity contribution in [2.75, 3.05) is 0 Å². The Labute approximate surface area is 128 Å². The lowest BCUT2D eigenvalue weighted by atomic mass is 10.0. The average molecular weight is 391 g/mol. The van der Waals surface area contributed by atoms with E-state index in [0.29, 0.717) is 10.9 Å². The van der Waals surface area contributed by atoms with Crippen LogP contribution in [0.15, 0.2) is 27.1 Å². The zero-order valence-corrected chi connectivity index (χ0v) is 13.8. The molecule has 0 saturated heterocycles. The molecule has 0 aliphatic carbocycles. The number of halogens is 3. The van der Waals surface area contributed by atoms with Crippen LogP contribution in [0, 0.1) is 12.7 Å². The average Bonchev–Trinajstić information content (AvgIpc) is 2.56. The van der Waals surface area contributed by atoms with E-state index in [2.05, 4.69) is 37.0 Å². The summed E-state index contributed by atoms with van der Waals surface area (Å²) >= 11 is 6.87. The molecule has 102 valence electrons. The molecule has 1 atom stereocenters. The van der Waals surface area contributed by atoms with Gasteiger partial charge in [-0.05, 0) is 40.5 Å². The summed E-state index contributed by atoms with van der Waals surface area (Å²) in [5, 5.41) is 4.34. The quantitative estimate of drug-likeness (QED) is 0.869. The molecule has 2 aromatic rings. The fourth-order valence-electron chi connectivity index (χ4n) is 2.02. The lowest BCUT2D eigenvalue weighted by molar-refractivity contribution is 0.616. The topological polar surface area (TPSA) is 43.8 Å². The maximum Gasteiger partial charge on any atom is 0.124 e. The highest BCUT2D eigenvalue weighted by atomic mass is 79.9. The standard InChI is InChI=1S/C13H14Br2FN3/c1-7-13(15)12(19(2)18-7)6-11(17)9-4-3-8(16)5-10(9)14/h3-5,11H,6,17H2,1-2H3.